The molecule has 1 aliphatic carbocycles. The van der Waals surface area contributed by atoms with Gasteiger partial charge in [0.15, 0.2) is 0 Å². The van der Waals surface area contributed by atoms with Crippen LogP contribution in [0.5, 0.6) is 0 Å². The maximum Gasteiger partial charge on any atom is 0.271 e. The fraction of sp³-hybridized carbons (Fsp3) is 0.385. The molecule has 1 aliphatic heterocycles. The van der Waals surface area contributed by atoms with E-state index in [1.54, 1.807) is 4.90 Å². The van der Waals surface area contributed by atoms with Crippen LogP contribution in [0, 0.1) is 0 Å². The first-order valence-electron chi connectivity index (χ1n) is 11.3. The number of hydrogen-bond acceptors (Lipinski definition) is 2. The van der Waals surface area contributed by atoms with Gasteiger partial charge in [0, 0.05) is 23.5 Å². The van der Waals surface area contributed by atoms with Crippen LogP contribution in [0.3, 0.4) is 0 Å². The van der Waals surface area contributed by atoms with Crippen molar-refractivity contribution in [2.24, 2.45) is 0 Å². The lowest BCUT2D eigenvalue weighted by Gasteiger charge is -2.45. The number of aromatic nitrogens is 1. The van der Waals surface area contributed by atoms with Crippen LogP contribution in [-0.2, 0) is 17.9 Å². The Labute approximate surface area is 183 Å². The van der Waals surface area contributed by atoms with Gasteiger partial charge in [-0.3, -0.25) is 9.59 Å². The number of carbonyl (C=O) groups is 2. The Bertz CT molecular complexity index is 1110. The summed E-state index contributed by atoms with van der Waals surface area (Å²) in [5.74, 6) is -0.139. The molecule has 3 aromatic rings. The Morgan fingerprint density at radius 3 is 2.52 bits per heavy atom. The van der Waals surface area contributed by atoms with Crippen LogP contribution in [0.4, 0.5) is 0 Å². The Morgan fingerprint density at radius 2 is 1.74 bits per heavy atom. The van der Waals surface area contributed by atoms with Gasteiger partial charge < -0.3 is 14.8 Å². The van der Waals surface area contributed by atoms with E-state index in [0.717, 1.165) is 42.1 Å². The molecule has 2 aliphatic rings. The number of nitrogens with one attached hydrogen (secondary N) is 1. The first-order valence-corrected chi connectivity index (χ1v) is 11.3. The van der Waals surface area contributed by atoms with E-state index in [1.165, 1.54) is 6.42 Å². The first-order chi connectivity index (χ1) is 15.1. The molecule has 160 valence electrons. The highest BCUT2D eigenvalue weighted by molar-refractivity contribution is 6.03. The number of benzene rings is 2. The second kappa shape index (κ2) is 7.88. The van der Waals surface area contributed by atoms with Crippen molar-refractivity contribution in [2.45, 2.75) is 63.7 Å². The molecule has 1 N–H and O–H groups in total. The van der Waals surface area contributed by atoms with Crippen molar-refractivity contribution in [2.75, 3.05) is 0 Å². The number of rotatable bonds is 4. The second-order valence-corrected chi connectivity index (χ2v) is 9.13. The quantitative estimate of drug-likeness (QED) is 0.682. The summed E-state index contributed by atoms with van der Waals surface area (Å²) in [4.78, 5) is 29.2. The van der Waals surface area contributed by atoms with Gasteiger partial charge in [-0.15, -0.1) is 0 Å². The predicted molar refractivity (Wildman–Crippen MR) is 122 cm³/mol. The summed E-state index contributed by atoms with van der Waals surface area (Å²) >= 11 is 0. The zero-order chi connectivity index (χ0) is 21.4. The SMILES string of the molecule is CC1(C(=O)NC2CCCCC2)Cn2c(cc3ccccc32)C(=O)N1Cc1ccccc1. The normalized spacial score (nSPS) is 21.8. The van der Waals surface area contributed by atoms with Crippen molar-refractivity contribution < 1.29 is 9.59 Å². The summed E-state index contributed by atoms with van der Waals surface area (Å²) < 4.78 is 2.03. The van der Waals surface area contributed by atoms with Crippen LogP contribution in [0.1, 0.15) is 55.1 Å². The van der Waals surface area contributed by atoms with Crippen molar-refractivity contribution in [3.05, 3.63) is 71.9 Å². The molecule has 2 aromatic carbocycles. The molecule has 0 radical (unpaired) electrons. The van der Waals surface area contributed by atoms with Gasteiger partial charge in [0.05, 0.1) is 6.54 Å². The van der Waals surface area contributed by atoms with E-state index in [-0.39, 0.29) is 17.9 Å². The molecule has 5 nitrogen and oxygen atoms in total. The Hall–Kier alpha value is -3.08. The lowest BCUT2D eigenvalue weighted by atomic mass is 9.91. The molecule has 1 unspecified atom stereocenters. The predicted octanol–water partition coefficient (Wildman–Crippen LogP) is 4.50. The van der Waals surface area contributed by atoms with E-state index < -0.39 is 5.54 Å². The molecule has 5 heteroatoms. The van der Waals surface area contributed by atoms with Crippen molar-refractivity contribution in [1.29, 1.82) is 0 Å². The lowest BCUT2D eigenvalue weighted by Crippen LogP contribution is -2.64. The molecule has 0 bridgehead atoms. The fourth-order valence-electron chi connectivity index (χ4n) is 5.11. The number of nitrogens with zero attached hydrogens (tertiary/aromatic N) is 2. The number of amides is 2. The summed E-state index contributed by atoms with van der Waals surface area (Å²) in [7, 11) is 0. The smallest absolute Gasteiger partial charge is 0.271 e. The zero-order valence-corrected chi connectivity index (χ0v) is 18.0. The van der Waals surface area contributed by atoms with Gasteiger partial charge in [-0.05, 0) is 37.5 Å². The van der Waals surface area contributed by atoms with E-state index in [1.807, 2.05) is 72.2 Å². The summed E-state index contributed by atoms with van der Waals surface area (Å²) in [6, 6.07) is 20.1. The van der Waals surface area contributed by atoms with Crippen LogP contribution in [0.25, 0.3) is 10.9 Å². The van der Waals surface area contributed by atoms with Gasteiger partial charge in [-0.1, -0.05) is 67.8 Å². The molecule has 31 heavy (non-hydrogen) atoms. The number of hydrogen-bond donors (Lipinski definition) is 1. The van der Waals surface area contributed by atoms with Gasteiger partial charge in [0.2, 0.25) is 5.91 Å². The van der Waals surface area contributed by atoms with Crippen molar-refractivity contribution in [1.82, 2.24) is 14.8 Å². The van der Waals surface area contributed by atoms with Crippen molar-refractivity contribution in [3.8, 4) is 0 Å². The van der Waals surface area contributed by atoms with Gasteiger partial charge >= 0.3 is 0 Å². The summed E-state index contributed by atoms with van der Waals surface area (Å²) in [5, 5.41) is 4.32. The average molecular weight is 416 g/mol. The Balaban J connectivity index is 1.55. The molecule has 0 spiro atoms. The van der Waals surface area contributed by atoms with E-state index in [0.29, 0.717) is 18.8 Å². The third-order valence-electron chi connectivity index (χ3n) is 6.95. The number of fused-ring (bicyclic) bond motifs is 3. The Kier molecular flexibility index (Phi) is 5.05. The van der Waals surface area contributed by atoms with E-state index >= 15 is 0 Å². The second-order valence-electron chi connectivity index (χ2n) is 9.13. The van der Waals surface area contributed by atoms with Crippen molar-refractivity contribution >= 4 is 22.7 Å². The molecule has 2 amide bonds. The van der Waals surface area contributed by atoms with Gasteiger partial charge in [0.1, 0.15) is 11.2 Å². The maximum atomic E-state index is 13.7. The summed E-state index contributed by atoms with van der Waals surface area (Å²) in [6.07, 6.45) is 5.58. The van der Waals surface area contributed by atoms with Gasteiger partial charge in [-0.25, -0.2) is 0 Å². The molecule has 1 aromatic heterocycles. The van der Waals surface area contributed by atoms with E-state index in [2.05, 4.69) is 5.32 Å². The Morgan fingerprint density at radius 1 is 1.03 bits per heavy atom. The highest BCUT2D eigenvalue weighted by atomic mass is 16.2. The van der Waals surface area contributed by atoms with Crippen LogP contribution in [0.15, 0.2) is 60.7 Å². The lowest BCUT2D eigenvalue weighted by molar-refractivity contribution is -0.134. The van der Waals surface area contributed by atoms with Crippen LogP contribution >= 0.6 is 0 Å². The highest BCUT2D eigenvalue weighted by Gasteiger charge is 2.48. The van der Waals surface area contributed by atoms with E-state index in [9.17, 15) is 9.59 Å². The summed E-state index contributed by atoms with van der Waals surface area (Å²) in [5.41, 5.74) is 1.72. The topological polar surface area (TPSA) is 54.3 Å². The van der Waals surface area contributed by atoms with Crippen LogP contribution in [0.2, 0.25) is 0 Å². The van der Waals surface area contributed by atoms with Crippen molar-refractivity contribution in [3.63, 3.8) is 0 Å². The average Bonchev–Trinajstić information content (AvgIpc) is 3.16. The molecule has 5 rings (SSSR count). The maximum absolute atomic E-state index is 13.7. The monoisotopic (exact) mass is 415 g/mol. The third-order valence-corrected chi connectivity index (χ3v) is 6.95. The number of carbonyl (C=O) groups excluding carboxylic acids is 2. The first kappa shape index (κ1) is 19.9. The fourth-order valence-corrected chi connectivity index (χ4v) is 5.11. The standard InChI is InChI=1S/C26H29N3O2/c1-26(25(31)27-21-13-6-3-7-14-21)18-28-22-15-9-8-12-20(22)16-23(28)24(30)29(26)17-19-10-4-2-5-11-19/h2,4-5,8-12,15-16,21H,3,6-7,13-14,17-18H2,1H3,(H,27,31). The van der Waals surface area contributed by atoms with Crippen LogP contribution < -0.4 is 5.32 Å². The minimum Gasteiger partial charge on any atom is -0.351 e. The minimum atomic E-state index is -0.959. The molecule has 1 fully saturated rings. The molecule has 1 atom stereocenters. The minimum absolute atomic E-state index is 0.0490. The molecule has 0 saturated heterocycles. The molecular weight excluding hydrogens is 386 g/mol. The largest absolute Gasteiger partial charge is 0.351 e. The molecular formula is C26H29N3O2. The molecule has 1 saturated carbocycles. The molecule has 2 heterocycles. The van der Waals surface area contributed by atoms with Crippen LogP contribution in [-0.4, -0.2) is 32.9 Å². The van der Waals surface area contributed by atoms with Gasteiger partial charge in [-0.2, -0.15) is 0 Å². The van der Waals surface area contributed by atoms with Gasteiger partial charge in [0.25, 0.3) is 5.91 Å². The van der Waals surface area contributed by atoms with E-state index in [4.69, 9.17) is 0 Å². The summed E-state index contributed by atoms with van der Waals surface area (Å²) in [6.45, 7) is 2.78. The third kappa shape index (κ3) is 3.52. The highest BCUT2D eigenvalue weighted by Crippen LogP contribution is 2.34. The zero-order valence-electron chi connectivity index (χ0n) is 18.0. The number of para-hydroxylation sites is 1.